The standard InChI is InChI=1S/C16H19NS.CH5N3O/c1-3-6-13-7-4-9-16(17-2)15(13)11-10-14-8-5-12-18-14;2-4-3-1-5/h4-5,7-12,17H,3,6H2,1-2H3;1,4H,2H2,(H,3,5)/b11-10+;. The highest BCUT2D eigenvalue weighted by molar-refractivity contribution is 7.10. The van der Waals surface area contributed by atoms with E-state index in [0.717, 1.165) is 6.42 Å². The molecule has 6 heteroatoms. The van der Waals surface area contributed by atoms with Crippen LogP contribution < -0.4 is 22.1 Å². The Kier molecular flexibility index (Phi) is 9.38. The summed E-state index contributed by atoms with van der Waals surface area (Å²) in [5.74, 6) is 4.55. The van der Waals surface area contributed by atoms with Crippen LogP contribution in [0.1, 0.15) is 29.3 Å². The van der Waals surface area contributed by atoms with Crippen molar-refractivity contribution in [3.8, 4) is 0 Å². The van der Waals surface area contributed by atoms with Crippen LogP contribution in [0.25, 0.3) is 12.2 Å². The van der Waals surface area contributed by atoms with Crippen molar-refractivity contribution in [2.45, 2.75) is 19.8 Å². The van der Waals surface area contributed by atoms with E-state index < -0.39 is 0 Å². The molecule has 23 heavy (non-hydrogen) atoms. The van der Waals surface area contributed by atoms with E-state index in [0.29, 0.717) is 6.41 Å². The summed E-state index contributed by atoms with van der Waals surface area (Å²) in [7, 11) is 1.98. The molecule has 0 atom stereocenters. The molecule has 0 bridgehead atoms. The summed E-state index contributed by atoms with van der Waals surface area (Å²) in [5.41, 5.74) is 7.79. The minimum atomic E-state index is 0.444. The van der Waals surface area contributed by atoms with Crippen molar-refractivity contribution >= 4 is 35.6 Å². The Morgan fingerprint density at radius 2 is 2.04 bits per heavy atom. The maximum atomic E-state index is 9.15. The summed E-state index contributed by atoms with van der Waals surface area (Å²) >= 11 is 1.77. The van der Waals surface area contributed by atoms with Crippen LogP contribution in [-0.4, -0.2) is 13.5 Å². The van der Waals surface area contributed by atoms with Crippen molar-refractivity contribution in [2.24, 2.45) is 5.84 Å². The van der Waals surface area contributed by atoms with Crippen LogP contribution in [0.3, 0.4) is 0 Å². The number of rotatable bonds is 7. The van der Waals surface area contributed by atoms with Crippen LogP contribution in [0.5, 0.6) is 0 Å². The number of thiophene rings is 1. The smallest absolute Gasteiger partial charge is 0.222 e. The second-order valence-corrected chi connectivity index (χ2v) is 5.61. The van der Waals surface area contributed by atoms with E-state index in [9.17, 15) is 0 Å². The quantitative estimate of drug-likeness (QED) is 0.357. The molecule has 5 nitrogen and oxygen atoms in total. The summed E-state index contributed by atoms with van der Waals surface area (Å²) in [4.78, 5) is 10.4. The Labute approximate surface area is 141 Å². The Morgan fingerprint density at radius 1 is 1.22 bits per heavy atom. The van der Waals surface area contributed by atoms with Gasteiger partial charge >= 0.3 is 0 Å². The number of carbonyl (C=O) groups is 1. The van der Waals surface area contributed by atoms with Crippen LogP contribution in [0.2, 0.25) is 0 Å². The fraction of sp³-hybridized carbons (Fsp3) is 0.235. The molecule has 1 heterocycles. The number of nitrogens with one attached hydrogen (secondary N) is 3. The Balaban J connectivity index is 0.000000463. The Morgan fingerprint density at radius 3 is 2.57 bits per heavy atom. The topological polar surface area (TPSA) is 79.2 Å². The molecule has 1 aromatic heterocycles. The highest BCUT2D eigenvalue weighted by Gasteiger charge is 2.03. The average molecular weight is 332 g/mol. The first-order valence-electron chi connectivity index (χ1n) is 7.42. The zero-order chi connectivity index (χ0) is 16.9. The van der Waals surface area contributed by atoms with E-state index in [1.165, 1.54) is 28.1 Å². The molecular weight excluding hydrogens is 308 g/mol. The molecule has 0 radical (unpaired) electrons. The van der Waals surface area contributed by atoms with Gasteiger partial charge in [0, 0.05) is 23.2 Å². The molecular formula is C17H24N4OS. The number of hydrazine groups is 2. The maximum absolute atomic E-state index is 9.15. The molecule has 0 aliphatic rings. The van der Waals surface area contributed by atoms with Crippen molar-refractivity contribution in [1.29, 1.82) is 0 Å². The van der Waals surface area contributed by atoms with Gasteiger partial charge in [0.1, 0.15) is 0 Å². The number of aryl methyl sites for hydroxylation is 1. The Bertz CT molecular complexity index is 597. The van der Waals surface area contributed by atoms with Gasteiger partial charge in [-0.2, -0.15) is 5.53 Å². The molecule has 1 amide bonds. The summed E-state index contributed by atoms with van der Waals surface area (Å²) in [6.07, 6.45) is 7.16. The molecule has 0 saturated carbocycles. The van der Waals surface area contributed by atoms with Gasteiger partial charge in [0.05, 0.1) is 0 Å². The van der Waals surface area contributed by atoms with Gasteiger partial charge in [-0.3, -0.25) is 16.1 Å². The summed E-state index contributed by atoms with van der Waals surface area (Å²) in [5, 5.41) is 5.38. The third kappa shape index (κ3) is 6.65. The zero-order valence-corrected chi connectivity index (χ0v) is 14.3. The lowest BCUT2D eigenvalue weighted by Gasteiger charge is -2.10. The Hall–Kier alpha value is -2.15. The second-order valence-electron chi connectivity index (χ2n) is 4.63. The number of hydrogen-bond donors (Lipinski definition) is 4. The van der Waals surface area contributed by atoms with Crippen molar-refractivity contribution in [3.05, 3.63) is 51.7 Å². The maximum Gasteiger partial charge on any atom is 0.222 e. The van der Waals surface area contributed by atoms with Gasteiger partial charge in [0.2, 0.25) is 6.41 Å². The number of hydrogen-bond acceptors (Lipinski definition) is 5. The highest BCUT2D eigenvalue weighted by Crippen LogP contribution is 2.24. The van der Waals surface area contributed by atoms with E-state index >= 15 is 0 Å². The van der Waals surface area contributed by atoms with Gasteiger partial charge in [-0.25, -0.2) is 0 Å². The summed E-state index contributed by atoms with van der Waals surface area (Å²) in [6, 6.07) is 10.7. The van der Waals surface area contributed by atoms with Crippen LogP contribution in [0.4, 0.5) is 5.69 Å². The number of amides is 1. The summed E-state index contributed by atoms with van der Waals surface area (Å²) in [6.45, 7) is 2.22. The zero-order valence-electron chi connectivity index (χ0n) is 13.5. The van der Waals surface area contributed by atoms with E-state index in [-0.39, 0.29) is 0 Å². The molecule has 0 unspecified atom stereocenters. The molecule has 0 aliphatic carbocycles. The van der Waals surface area contributed by atoms with Gasteiger partial charge < -0.3 is 5.32 Å². The van der Waals surface area contributed by atoms with Gasteiger partial charge in [-0.15, -0.1) is 11.3 Å². The monoisotopic (exact) mass is 332 g/mol. The number of anilines is 1. The molecule has 5 N–H and O–H groups in total. The minimum Gasteiger partial charge on any atom is -0.388 e. The lowest BCUT2D eigenvalue weighted by Crippen LogP contribution is -2.36. The van der Waals surface area contributed by atoms with E-state index in [1.54, 1.807) is 11.3 Å². The van der Waals surface area contributed by atoms with Crippen LogP contribution in [-0.2, 0) is 11.2 Å². The lowest BCUT2D eigenvalue weighted by atomic mass is 10.0. The molecule has 2 rings (SSSR count). The van der Waals surface area contributed by atoms with Crippen LogP contribution in [0.15, 0.2) is 35.7 Å². The van der Waals surface area contributed by atoms with Gasteiger partial charge in [0.25, 0.3) is 0 Å². The largest absolute Gasteiger partial charge is 0.388 e. The molecule has 0 spiro atoms. The first-order valence-corrected chi connectivity index (χ1v) is 8.30. The average Bonchev–Trinajstić information content (AvgIpc) is 3.08. The van der Waals surface area contributed by atoms with Crippen molar-refractivity contribution < 1.29 is 4.79 Å². The fourth-order valence-corrected chi connectivity index (χ4v) is 2.72. The molecule has 124 valence electrons. The predicted molar refractivity (Wildman–Crippen MR) is 99.8 cm³/mol. The second kappa shape index (κ2) is 11.4. The molecule has 0 aliphatic heterocycles. The summed E-state index contributed by atoms with van der Waals surface area (Å²) < 4.78 is 0. The van der Waals surface area contributed by atoms with Crippen LogP contribution in [0, 0.1) is 0 Å². The van der Waals surface area contributed by atoms with Crippen molar-refractivity contribution in [1.82, 2.24) is 11.0 Å². The number of nitrogens with two attached hydrogens (primary N) is 1. The predicted octanol–water partition coefficient (Wildman–Crippen LogP) is 3.02. The van der Waals surface area contributed by atoms with E-state index in [2.05, 4.69) is 65.9 Å². The lowest BCUT2D eigenvalue weighted by molar-refractivity contribution is -0.110. The minimum absolute atomic E-state index is 0.444. The first-order chi connectivity index (χ1) is 11.3. The third-order valence-electron chi connectivity index (χ3n) is 3.08. The first kappa shape index (κ1) is 18.9. The molecule has 0 fully saturated rings. The van der Waals surface area contributed by atoms with Crippen molar-refractivity contribution in [3.63, 3.8) is 0 Å². The van der Waals surface area contributed by atoms with E-state index in [1.807, 2.05) is 18.0 Å². The fourth-order valence-electron chi connectivity index (χ4n) is 2.10. The molecule has 0 saturated heterocycles. The van der Waals surface area contributed by atoms with Crippen LogP contribution >= 0.6 is 11.3 Å². The van der Waals surface area contributed by atoms with Crippen molar-refractivity contribution in [2.75, 3.05) is 12.4 Å². The van der Waals surface area contributed by atoms with Gasteiger partial charge in [0.15, 0.2) is 0 Å². The SMILES string of the molecule is CCCc1cccc(NC)c1/C=C/c1cccs1.NNNC=O. The van der Waals surface area contributed by atoms with Gasteiger partial charge in [-0.1, -0.05) is 37.6 Å². The molecule has 1 aromatic carbocycles. The highest BCUT2D eigenvalue weighted by atomic mass is 32.1. The number of benzene rings is 1. The third-order valence-corrected chi connectivity index (χ3v) is 3.92. The molecule has 2 aromatic rings. The van der Waals surface area contributed by atoms with E-state index in [4.69, 9.17) is 4.79 Å². The normalized spacial score (nSPS) is 10.0. The van der Waals surface area contributed by atoms with Gasteiger partial charge in [-0.05, 0) is 35.6 Å². The number of carbonyl (C=O) groups excluding carboxylic acids is 1.